The third kappa shape index (κ3) is 5.48. The number of carbonyl (C=O) groups is 2. The van der Waals surface area contributed by atoms with Gasteiger partial charge in [0.15, 0.2) is 5.76 Å². The zero-order valence-corrected chi connectivity index (χ0v) is 19.9. The Labute approximate surface area is 207 Å². The van der Waals surface area contributed by atoms with Gasteiger partial charge in [0.05, 0.1) is 5.92 Å². The van der Waals surface area contributed by atoms with E-state index in [2.05, 4.69) is 20.4 Å². The van der Waals surface area contributed by atoms with Gasteiger partial charge < -0.3 is 18.9 Å². The second-order valence-corrected chi connectivity index (χ2v) is 9.06. The number of carbonyl (C=O) groups excluding carboxylic acids is 2. The largest absolute Gasteiger partial charge is 0.462 e. The van der Waals surface area contributed by atoms with E-state index in [-0.39, 0.29) is 29.4 Å². The number of nitrogens with zero attached hydrogens (tertiary/aromatic N) is 3. The number of benzene rings is 1. The van der Waals surface area contributed by atoms with Gasteiger partial charge in [-0.3, -0.25) is 10.1 Å². The quantitative estimate of drug-likeness (QED) is 0.452. The number of halogens is 1. The lowest BCUT2D eigenvalue weighted by molar-refractivity contribution is -0.151. The molecule has 1 aliphatic carbocycles. The molecule has 0 bridgehead atoms. The molecule has 0 spiro atoms. The summed E-state index contributed by atoms with van der Waals surface area (Å²) < 4.78 is 30.4. The lowest BCUT2D eigenvalue weighted by Gasteiger charge is -2.32. The zero-order valence-electron chi connectivity index (χ0n) is 19.9. The van der Waals surface area contributed by atoms with Gasteiger partial charge >= 0.3 is 12.1 Å². The van der Waals surface area contributed by atoms with E-state index in [1.54, 1.807) is 19.1 Å². The molecule has 36 heavy (non-hydrogen) atoms. The van der Waals surface area contributed by atoms with Crippen LogP contribution in [0.5, 0.6) is 0 Å². The Balaban J connectivity index is 1.19. The van der Waals surface area contributed by atoms with Crippen LogP contribution in [0.25, 0.3) is 11.3 Å². The van der Waals surface area contributed by atoms with Crippen molar-refractivity contribution in [1.29, 1.82) is 0 Å². The number of ether oxygens (including phenoxy) is 2. The summed E-state index contributed by atoms with van der Waals surface area (Å²) in [6.07, 6.45) is 3.49. The molecule has 2 fully saturated rings. The SMILES string of the molecule is CC(OC(=O)Nc1c(F)noc1-c1ccc(N2CCC(OC(=O)C3CC3)CC2)nc1)c1ccccc1. The number of aromatic nitrogens is 2. The first-order valence-corrected chi connectivity index (χ1v) is 12.1. The summed E-state index contributed by atoms with van der Waals surface area (Å²) in [5.74, 6) is -0.135. The van der Waals surface area contributed by atoms with Crippen molar-refractivity contribution in [3.05, 3.63) is 60.2 Å². The monoisotopic (exact) mass is 494 g/mol. The standard InChI is InChI=1S/C26H27FN4O5/c1-16(17-5-3-2-4-6-17)34-26(33)29-22-23(36-30-24(22)27)19-9-10-21(28-15-19)31-13-11-20(12-14-31)35-25(32)18-7-8-18/h2-6,9-10,15-16,18,20H,7-8,11-14H2,1H3,(H,29,33). The van der Waals surface area contributed by atoms with Crippen LogP contribution in [0.4, 0.5) is 20.7 Å². The van der Waals surface area contributed by atoms with E-state index in [1.807, 2.05) is 30.3 Å². The van der Waals surface area contributed by atoms with Crippen molar-refractivity contribution in [2.24, 2.45) is 5.92 Å². The number of esters is 1. The average molecular weight is 495 g/mol. The van der Waals surface area contributed by atoms with E-state index in [4.69, 9.17) is 14.0 Å². The molecule has 0 radical (unpaired) electrons. The first-order chi connectivity index (χ1) is 17.5. The third-order valence-electron chi connectivity index (χ3n) is 6.40. The lowest BCUT2D eigenvalue weighted by Crippen LogP contribution is -2.38. The number of rotatable bonds is 7. The molecule has 1 aliphatic heterocycles. The highest BCUT2D eigenvalue weighted by Crippen LogP contribution is 2.33. The molecular formula is C26H27FN4O5. The van der Waals surface area contributed by atoms with E-state index in [1.165, 1.54) is 6.20 Å². The fraction of sp³-hybridized carbons (Fsp3) is 0.385. The van der Waals surface area contributed by atoms with Gasteiger partial charge in [0, 0.05) is 37.7 Å². The van der Waals surface area contributed by atoms with Gasteiger partial charge in [0.2, 0.25) is 0 Å². The maximum Gasteiger partial charge on any atom is 0.412 e. The van der Waals surface area contributed by atoms with E-state index < -0.39 is 18.1 Å². The van der Waals surface area contributed by atoms with Crippen LogP contribution >= 0.6 is 0 Å². The smallest absolute Gasteiger partial charge is 0.412 e. The lowest BCUT2D eigenvalue weighted by atomic mass is 10.1. The van der Waals surface area contributed by atoms with Crippen molar-refractivity contribution < 1.29 is 28.0 Å². The van der Waals surface area contributed by atoms with E-state index in [9.17, 15) is 14.0 Å². The van der Waals surface area contributed by atoms with Crippen LogP contribution in [-0.4, -0.2) is 41.4 Å². The molecule has 1 saturated carbocycles. The molecule has 1 aromatic carbocycles. The van der Waals surface area contributed by atoms with E-state index in [0.29, 0.717) is 18.7 Å². The van der Waals surface area contributed by atoms with Crippen molar-refractivity contribution in [3.8, 4) is 11.3 Å². The molecular weight excluding hydrogens is 467 g/mol. The molecule has 10 heteroatoms. The minimum absolute atomic E-state index is 0.0431. The Morgan fingerprint density at radius 2 is 1.86 bits per heavy atom. The molecule has 9 nitrogen and oxygen atoms in total. The molecule has 1 atom stereocenters. The number of hydrogen-bond acceptors (Lipinski definition) is 8. The minimum Gasteiger partial charge on any atom is -0.462 e. The molecule has 2 aromatic heterocycles. The van der Waals surface area contributed by atoms with Crippen molar-refractivity contribution in [3.63, 3.8) is 0 Å². The van der Waals surface area contributed by atoms with Gasteiger partial charge in [-0.25, -0.2) is 9.78 Å². The maximum atomic E-state index is 14.3. The van der Waals surface area contributed by atoms with Crippen LogP contribution < -0.4 is 10.2 Å². The summed E-state index contributed by atoms with van der Waals surface area (Å²) in [7, 11) is 0. The highest BCUT2D eigenvalue weighted by atomic mass is 19.1. The fourth-order valence-corrected chi connectivity index (χ4v) is 4.15. The number of pyridine rings is 1. The number of piperidine rings is 1. The molecule has 2 aliphatic rings. The topological polar surface area (TPSA) is 107 Å². The summed E-state index contributed by atoms with van der Waals surface area (Å²) in [5, 5.41) is 5.75. The maximum absolute atomic E-state index is 14.3. The Morgan fingerprint density at radius 1 is 1.11 bits per heavy atom. The van der Waals surface area contributed by atoms with Gasteiger partial charge in [-0.15, -0.1) is 0 Å². The van der Waals surface area contributed by atoms with Crippen LogP contribution in [0.15, 0.2) is 53.2 Å². The normalized spacial score (nSPS) is 16.9. The van der Waals surface area contributed by atoms with Crippen molar-refractivity contribution >= 4 is 23.6 Å². The predicted octanol–water partition coefficient (Wildman–Crippen LogP) is 5.11. The zero-order chi connectivity index (χ0) is 25.1. The first kappa shape index (κ1) is 23.8. The second-order valence-electron chi connectivity index (χ2n) is 9.06. The minimum atomic E-state index is -0.957. The van der Waals surface area contributed by atoms with Crippen LogP contribution in [0.1, 0.15) is 44.3 Å². The average Bonchev–Trinajstić information content (AvgIpc) is 3.69. The van der Waals surface area contributed by atoms with Gasteiger partial charge in [-0.05, 0) is 42.6 Å². The summed E-state index contributed by atoms with van der Waals surface area (Å²) in [4.78, 5) is 30.9. The molecule has 3 heterocycles. The molecule has 1 N–H and O–H groups in total. The van der Waals surface area contributed by atoms with Crippen molar-refractivity contribution in [2.45, 2.75) is 44.8 Å². The fourth-order valence-electron chi connectivity index (χ4n) is 4.15. The number of hydrogen-bond donors (Lipinski definition) is 1. The second kappa shape index (κ2) is 10.3. The van der Waals surface area contributed by atoms with Gasteiger partial charge in [0.25, 0.3) is 5.95 Å². The van der Waals surface area contributed by atoms with Gasteiger partial charge in [-0.1, -0.05) is 30.3 Å². The van der Waals surface area contributed by atoms with Gasteiger partial charge in [-0.2, -0.15) is 4.39 Å². The van der Waals surface area contributed by atoms with Crippen LogP contribution in [-0.2, 0) is 14.3 Å². The van der Waals surface area contributed by atoms with Crippen molar-refractivity contribution in [1.82, 2.24) is 10.1 Å². The highest BCUT2D eigenvalue weighted by molar-refractivity contribution is 5.89. The summed E-state index contributed by atoms with van der Waals surface area (Å²) in [6.45, 7) is 3.15. The molecule has 3 aromatic rings. The Morgan fingerprint density at radius 3 is 2.53 bits per heavy atom. The predicted molar refractivity (Wildman–Crippen MR) is 129 cm³/mol. The third-order valence-corrected chi connectivity index (χ3v) is 6.40. The molecule has 1 amide bonds. The Bertz CT molecular complexity index is 1200. The van der Waals surface area contributed by atoms with Crippen LogP contribution in [0.3, 0.4) is 0 Å². The summed E-state index contributed by atoms with van der Waals surface area (Å²) in [5.41, 5.74) is 1.05. The number of nitrogens with one attached hydrogen (secondary N) is 1. The highest BCUT2D eigenvalue weighted by Gasteiger charge is 2.34. The van der Waals surface area contributed by atoms with Crippen molar-refractivity contribution in [2.75, 3.05) is 23.3 Å². The molecule has 1 saturated heterocycles. The van der Waals surface area contributed by atoms with Gasteiger partial charge in [0.1, 0.15) is 23.7 Å². The van der Waals surface area contributed by atoms with Crippen LogP contribution in [0, 0.1) is 11.9 Å². The Kier molecular flexibility index (Phi) is 6.84. The molecule has 188 valence electrons. The van der Waals surface area contributed by atoms with E-state index >= 15 is 0 Å². The summed E-state index contributed by atoms with van der Waals surface area (Å²) >= 11 is 0. The van der Waals surface area contributed by atoms with Crippen LogP contribution in [0.2, 0.25) is 0 Å². The molecule has 1 unspecified atom stereocenters. The number of amides is 1. The first-order valence-electron chi connectivity index (χ1n) is 12.1. The van der Waals surface area contributed by atoms with E-state index in [0.717, 1.165) is 37.1 Å². The Hall–Kier alpha value is -3.95. The number of anilines is 2. The molecule has 5 rings (SSSR count). The summed E-state index contributed by atoms with van der Waals surface area (Å²) in [6, 6.07) is 12.7.